The summed E-state index contributed by atoms with van der Waals surface area (Å²) in [6, 6.07) is 8.90. The van der Waals surface area contributed by atoms with Gasteiger partial charge in [-0.2, -0.15) is 5.10 Å². The second kappa shape index (κ2) is 5.40. The minimum absolute atomic E-state index is 0.128. The fourth-order valence-corrected chi connectivity index (χ4v) is 2.23. The highest BCUT2D eigenvalue weighted by Crippen LogP contribution is 2.25. The molecule has 0 aliphatic heterocycles. The second-order valence-electron chi connectivity index (χ2n) is 4.80. The second-order valence-corrected chi connectivity index (χ2v) is 4.80. The number of rotatable bonds is 3. The van der Waals surface area contributed by atoms with Crippen molar-refractivity contribution in [3.05, 3.63) is 65.7 Å². The highest BCUT2D eigenvalue weighted by Gasteiger charge is 2.14. The molecule has 6 heteroatoms. The van der Waals surface area contributed by atoms with Gasteiger partial charge in [0.05, 0.1) is 17.5 Å². The van der Waals surface area contributed by atoms with E-state index in [9.17, 15) is 9.18 Å². The van der Waals surface area contributed by atoms with E-state index in [2.05, 4.69) is 10.1 Å². The first-order chi connectivity index (χ1) is 10.6. The normalized spacial score (nSPS) is 10.6. The van der Waals surface area contributed by atoms with E-state index in [0.717, 1.165) is 16.8 Å². The Kier molecular flexibility index (Phi) is 3.42. The SMILES string of the molecule is Cc1cnn(-c2cc(C(=O)O)ccn2)c1-c1ccc(F)cc1. The van der Waals surface area contributed by atoms with Crippen molar-refractivity contribution in [1.82, 2.24) is 14.8 Å². The molecule has 0 radical (unpaired) electrons. The van der Waals surface area contributed by atoms with E-state index < -0.39 is 5.97 Å². The van der Waals surface area contributed by atoms with Crippen molar-refractivity contribution in [2.75, 3.05) is 0 Å². The van der Waals surface area contributed by atoms with Gasteiger partial charge in [-0.05, 0) is 48.9 Å². The summed E-state index contributed by atoms with van der Waals surface area (Å²) < 4.78 is 14.6. The summed E-state index contributed by atoms with van der Waals surface area (Å²) in [6.45, 7) is 1.88. The Hall–Kier alpha value is -3.02. The molecule has 2 aromatic heterocycles. The van der Waals surface area contributed by atoms with Crippen LogP contribution in [0.4, 0.5) is 4.39 Å². The average molecular weight is 297 g/mol. The van der Waals surface area contributed by atoms with Gasteiger partial charge in [-0.3, -0.25) is 0 Å². The molecule has 0 saturated heterocycles. The Morgan fingerprint density at radius 1 is 1.23 bits per heavy atom. The van der Waals surface area contributed by atoms with E-state index in [1.165, 1.54) is 30.5 Å². The maximum atomic E-state index is 13.1. The minimum atomic E-state index is -1.03. The Morgan fingerprint density at radius 3 is 2.64 bits per heavy atom. The Balaban J connectivity index is 2.15. The molecule has 110 valence electrons. The molecule has 0 saturated carbocycles. The summed E-state index contributed by atoms with van der Waals surface area (Å²) >= 11 is 0. The first-order valence-electron chi connectivity index (χ1n) is 6.56. The van der Waals surface area contributed by atoms with Crippen LogP contribution in [0.25, 0.3) is 17.1 Å². The van der Waals surface area contributed by atoms with Crippen LogP contribution in [0, 0.1) is 12.7 Å². The van der Waals surface area contributed by atoms with E-state index in [4.69, 9.17) is 5.11 Å². The standard InChI is InChI=1S/C16H12FN3O2/c1-10-9-19-20(14-8-12(16(21)22)6-7-18-14)15(10)11-2-4-13(17)5-3-11/h2-9H,1H3,(H,21,22). The molecular weight excluding hydrogens is 285 g/mol. The number of hydrogen-bond donors (Lipinski definition) is 1. The van der Waals surface area contributed by atoms with Gasteiger partial charge in [0.15, 0.2) is 5.82 Å². The van der Waals surface area contributed by atoms with Crippen molar-refractivity contribution < 1.29 is 14.3 Å². The third-order valence-corrected chi connectivity index (χ3v) is 3.28. The van der Waals surface area contributed by atoms with Crippen molar-refractivity contribution in [3.8, 4) is 17.1 Å². The number of carboxylic acids is 1. The molecule has 0 bridgehead atoms. The van der Waals surface area contributed by atoms with Crippen LogP contribution >= 0.6 is 0 Å². The van der Waals surface area contributed by atoms with E-state index in [1.807, 2.05) is 6.92 Å². The van der Waals surface area contributed by atoms with Crippen LogP contribution < -0.4 is 0 Å². The van der Waals surface area contributed by atoms with Crippen LogP contribution in [0.5, 0.6) is 0 Å². The number of halogens is 1. The quantitative estimate of drug-likeness (QED) is 0.806. The number of carbonyl (C=O) groups is 1. The largest absolute Gasteiger partial charge is 0.478 e. The van der Waals surface area contributed by atoms with Crippen molar-refractivity contribution in [1.29, 1.82) is 0 Å². The lowest BCUT2D eigenvalue weighted by atomic mass is 10.1. The van der Waals surface area contributed by atoms with Crippen LogP contribution in [0.3, 0.4) is 0 Å². The number of aromatic nitrogens is 3. The van der Waals surface area contributed by atoms with Crippen molar-refractivity contribution in [2.24, 2.45) is 0 Å². The highest BCUT2D eigenvalue weighted by molar-refractivity contribution is 5.88. The monoisotopic (exact) mass is 297 g/mol. The van der Waals surface area contributed by atoms with Gasteiger partial charge in [-0.1, -0.05) is 0 Å². The molecule has 0 unspecified atom stereocenters. The molecular formula is C16H12FN3O2. The number of pyridine rings is 1. The van der Waals surface area contributed by atoms with Gasteiger partial charge in [0.1, 0.15) is 5.82 Å². The molecule has 3 rings (SSSR count). The van der Waals surface area contributed by atoms with Crippen molar-refractivity contribution >= 4 is 5.97 Å². The summed E-state index contributed by atoms with van der Waals surface area (Å²) in [6.07, 6.45) is 3.08. The maximum Gasteiger partial charge on any atom is 0.335 e. The van der Waals surface area contributed by atoms with Crippen molar-refractivity contribution in [3.63, 3.8) is 0 Å². The van der Waals surface area contributed by atoms with Gasteiger partial charge in [0.25, 0.3) is 0 Å². The van der Waals surface area contributed by atoms with E-state index in [1.54, 1.807) is 23.0 Å². The predicted molar refractivity (Wildman–Crippen MR) is 78.4 cm³/mol. The van der Waals surface area contributed by atoms with Crippen LogP contribution in [0.1, 0.15) is 15.9 Å². The number of benzene rings is 1. The van der Waals surface area contributed by atoms with Gasteiger partial charge in [0.2, 0.25) is 0 Å². The summed E-state index contributed by atoms with van der Waals surface area (Å²) in [5.74, 6) is -0.957. The van der Waals surface area contributed by atoms with E-state index >= 15 is 0 Å². The topological polar surface area (TPSA) is 68.0 Å². The lowest BCUT2D eigenvalue weighted by molar-refractivity contribution is 0.0696. The third kappa shape index (κ3) is 2.46. The molecule has 2 heterocycles. The lowest BCUT2D eigenvalue weighted by Gasteiger charge is -2.08. The first kappa shape index (κ1) is 13.9. The molecule has 0 atom stereocenters. The molecule has 22 heavy (non-hydrogen) atoms. The van der Waals surface area contributed by atoms with Crippen LogP contribution in [-0.4, -0.2) is 25.8 Å². The van der Waals surface area contributed by atoms with E-state index in [0.29, 0.717) is 5.82 Å². The number of nitrogens with zero attached hydrogens (tertiary/aromatic N) is 3. The zero-order chi connectivity index (χ0) is 15.7. The smallest absolute Gasteiger partial charge is 0.335 e. The first-order valence-corrected chi connectivity index (χ1v) is 6.56. The summed E-state index contributed by atoms with van der Waals surface area (Å²) in [7, 11) is 0. The molecule has 0 aliphatic carbocycles. The molecule has 0 aliphatic rings. The lowest BCUT2D eigenvalue weighted by Crippen LogP contribution is -2.05. The maximum absolute atomic E-state index is 13.1. The van der Waals surface area contributed by atoms with Gasteiger partial charge in [0, 0.05) is 11.8 Å². The zero-order valence-corrected chi connectivity index (χ0v) is 11.7. The summed E-state index contributed by atoms with van der Waals surface area (Å²) in [5, 5.41) is 13.3. The Bertz CT molecular complexity index is 841. The predicted octanol–water partition coefficient (Wildman–Crippen LogP) is 3.08. The number of aryl methyl sites for hydroxylation is 1. The summed E-state index contributed by atoms with van der Waals surface area (Å²) in [5.41, 5.74) is 2.53. The van der Waals surface area contributed by atoms with Gasteiger partial charge >= 0.3 is 5.97 Å². The molecule has 0 fully saturated rings. The van der Waals surface area contributed by atoms with Gasteiger partial charge in [-0.15, -0.1) is 0 Å². The molecule has 5 nitrogen and oxygen atoms in total. The third-order valence-electron chi connectivity index (χ3n) is 3.28. The van der Waals surface area contributed by atoms with Crippen LogP contribution in [0.15, 0.2) is 48.8 Å². The molecule has 0 spiro atoms. The fraction of sp³-hybridized carbons (Fsp3) is 0.0625. The van der Waals surface area contributed by atoms with Crippen molar-refractivity contribution in [2.45, 2.75) is 6.92 Å². The van der Waals surface area contributed by atoms with Gasteiger partial charge < -0.3 is 5.11 Å². The zero-order valence-electron chi connectivity index (χ0n) is 11.7. The van der Waals surface area contributed by atoms with E-state index in [-0.39, 0.29) is 11.4 Å². The minimum Gasteiger partial charge on any atom is -0.478 e. The number of aromatic carboxylic acids is 1. The molecule has 1 N–H and O–H groups in total. The number of hydrogen-bond acceptors (Lipinski definition) is 3. The molecule has 1 aromatic carbocycles. The molecule has 0 amide bonds. The van der Waals surface area contributed by atoms with Gasteiger partial charge in [-0.25, -0.2) is 18.9 Å². The fourth-order valence-electron chi connectivity index (χ4n) is 2.23. The number of carboxylic acid groups (broad SMARTS) is 1. The average Bonchev–Trinajstić information content (AvgIpc) is 2.90. The van der Waals surface area contributed by atoms with Crippen LogP contribution in [0.2, 0.25) is 0 Å². The molecule has 3 aromatic rings. The van der Waals surface area contributed by atoms with Crippen LogP contribution in [-0.2, 0) is 0 Å². The Morgan fingerprint density at radius 2 is 1.95 bits per heavy atom. The highest BCUT2D eigenvalue weighted by atomic mass is 19.1. The summed E-state index contributed by atoms with van der Waals surface area (Å²) in [4.78, 5) is 15.3. The Labute approximate surface area is 125 Å².